The number of fused-ring (bicyclic) bond motifs is 1. The average molecular weight is 415 g/mol. The molecule has 2 heterocycles. The zero-order valence-corrected chi connectivity index (χ0v) is 18.2. The van der Waals surface area contributed by atoms with Crippen molar-refractivity contribution in [2.75, 3.05) is 0 Å². The van der Waals surface area contributed by atoms with Crippen molar-refractivity contribution >= 4 is 33.3 Å². The van der Waals surface area contributed by atoms with Crippen LogP contribution in [0.2, 0.25) is 5.02 Å². The van der Waals surface area contributed by atoms with Crippen molar-refractivity contribution in [3.63, 3.8) is 0 Å². The van der Waals surface area contributed by atoms with Crippen LogP contribution in [0, 0.1) is 19.8 Å². The molecule has 1 aromatic carbocycles. The van der Waals surface area contributed by atoms with Crippen molar-refractivity contribution in [2.45, 2.75) is 63.3 Å². The molecule has 2 aromatic heterocycles. The first-order valence-electron chi connectivity index (χ1n) is 10.1. The van der Waals surface area contributed by atoms with Gasteiger partial charge in [0.25, 0.3) is 0 Å². The smallest absolute Gasteiger partial charge is 0.151 e. The topological polar surface area (TPSA) is 34.9 Å². The molecule has 0 spiro atoms. The lowest BCUT2D eigenvalue weighted by Crippen LogP contribution is -2.16. The highest BCUT2D eigenvalue weighted by Gasteiger charge is 2.22. The van der Waals surface area contributed by atoms with Gasteiger partial charge in [-0.05, 0) is 61.9 Å². The van der Waals surface area contributed by atoms with Gasteiger partial charge in [-0.3, -0.25) is 4.21 Å². The van der Waals surface area contributed by atoms with E-state index in [4.69, 9.17) is 11.6 Å². The van der Waals surface area contributed by atoms with Gasteiger partial charge in [0.05, 0.1) is 22.1 Å². The largest absolute Gasteiger partial charge is 0.342 e. The van der Waals surface area contributed by atoms with Gasteiger partial charge >= 0.3 is 0 Å². The van der Waals surface area contributed by atoms with Crippen LogP contribution in [0.5, 0.6) is 0 Å². The molecule has 0 amide bonds. The number of benzene rings is 1. The van der Waals surface area contributed by atoms with Crippen molar-refractivity contribution in [3.05, 3.63) is 58.4 Å². The van der Waals surface area contributed by atoms with Gasteiger partial charge in [0.15, 0.2) is 5.03 Å². The number of nitrogens with zero attached hydrogens (tertiary/aromatic N) is 2. The summed E-state index contributed by atoms with van der Waals surface area (Å²) in [6.07, 6.45) is 8.40. The molecule has 0 aliphatic heterocycles. The third-order valence-electron chi connectivity index (χ3n) is 6.10. The molecule has 5 heteroatoms. The van der Waals surface area contributed by atoms with Gasteiger partial charge in [0.1, 0.15) is 0 Å². The number of aryl methyl sites for hydroxylation is 1. The molecule has 0 saturated heterocycles. The predicted molar refractivity (Wildman–Crippen MR) is 117 cm³/mol. The average Bonchev–Trinajstić information content (AvgIpc) is 2.95. The minimum atomic E-state index is -1.20. The van der Waals surface area contributed by atoms with Gasteiger partial charge in [-0.25, -0.2) is 4.98 Å². The third-order valence-corrected chi connectivity index (χ3v) is 7.68. The molecule has 4 rings (SSSR count). The Balaban J connectivity index is 1.72. The summed E-state index contributed by atoms with van der Waals surface area (Å²) in [7, 11) is -1.20. The monoisotopic (exact) mass is 414 g/mol. The lowest BCUT2D eigenvalue weighted by atomic mass is 9.89. The number of aromatic nitrogens is 2. The minimum Gasteiger partial charge on any atom is -0.342 e. The summed E-state index contributed by atoms with van der Waals surface area (Å²) in [5, 5.41) is 2.59. The van der Waals surface area contributed by atoms with Crippen molar-refractivity contribution in [2.24, 2.45) is 5.92 Å². The maximum absolute atomic E-state index is 13.3. The molecule has 0 radical (unpaired) electrons. The summed E-state index contributed by atoms with van der Waals surface area (Å²) in [5.41, 5.74) is 4.63. The van der Waals surface area contributed by atoms with E-state index in [0.717, 1.165) is 17.6 Å². The normalized spacial score (nSPS) is 16.5. The van der Waals surface area contributed by atoms with Crippen LogP contribution in [-0.2, 0) is 23.1 Å². The number of rotatable bonds is 5. The molecule has 1 unspecified atom stereocenters. The summed E-state index contributed by atoms with van der Waals surface area (Å²) < 4.78 is 15.7. The summed E-state index contributed by atoms with van der Waals surface area (Å²) in [5.74, 6) is 1.16. The number of halogens is 1. The predicted octanol–water partition coefficient (Wildman–Crippen LogP) is 6.19. The van der Waals surface area contributed by atoms with E-state index in [-0.39, 0.29) is 0 Å². The first-order chi connectivity index (χ1) is 13.5. The van der Waals surface area contributed by atoms with E-state index in [0.29, 0.717) is 21.7 Å². The fraction of sp³-hybridized carbons (Fsp3) is 0.435. The zero-order valence-electron chi connectivity index (χ0n) is 16.6. The lowest BCUT2D eigenvalue weighted by Gasteiger charge is -2.23. The third kappa shape index (κ3) is 3.90. The van der Waals surface area contributed by atoms with Crippen LogP contribution in [0.15, 0.2) is 41.6 Å². The Labute approximate surface area is 174 Å². The molecule has 1 aliphatic carbocycles. The molecule has 0 N–H and O–H groups in total. The van der Waals surface area contributed by atoms with Crippen LogP contribution in [0.3, 0.4) is 0 Å². The van der Waals surface area contributed by atoms with Gasteiger partial charge in [-0.2, -0.15) is 0 Å². The van der Waals surface area contributed by atoms with Crippen LogP contribution in [0.25, 0.3) is 10.9 Å². The van der Waals surface area contributed by atoms with Crippen LogP contribution in [0.4, 0.5) is 0 Å². The molecule has 1 aliphatic rings. The van der Waals surface area contributed by atoms with Crippen molar-refractivity contribution in [1.82, 2.24) is 9.55 Å². The fourth-order valence-electron chi connectivity index (χ4n) is 4.39. The highest BCUT2D eigenvalue weighted by molar-refractivity contribution is 7.84. The second-order valence-corrected chi connectivity index (χ2v) is 9.76. The van der Waals surface area contributed by atoms with E-state index in [2.05, 4.69) is 29.5 Å². The van der Waals surface area contributed by atoms with E-state index < -0.39 is 10.8 Å². The zero-order chi connectivity index (χ0) is 19.7. The summed E-state index contributed by atoms with van der Waals surface area (Å²) in [6.45, 7) is 5.36. The van der Waals surface area contributed by atoms with Crippen LogP contribution in [-0.4, -0.2) is 13.8 Å². The molecule has 148 valence electrons. The standard InChI is InChI=1S/C23H27ClN2OS/c1-16-17(2)26(14-18-6-4-3-5-7-18)22-21(16)12-13-25-23(22)28(27)15-19-8-10-20(24)11-9-19/h8-13,18H,3-7,14-15H2,1-2H3. The molecule has 1 atom stereocenters. The second kappa shape index (κ2) is 8.38. The van der Waals surface area contributed by atoms with Gasteiger partial charge < -0.3 is 4.57 Å². The SMILES string of the molecule is Cc1c(C)n(CC2CCCCC2)c2c(S(=O)Cc3ccc(Cl)cc3)nccc12. The molecule has 3 nitrogen and oxygen atoms in total. The Morgan fingerprint density at radius 3 is 2.54 bits per heavy atom. The summed E-state index contributed by atoms with van der Waals surface area (Å²) in [4.78, 5) is 4.58. The van der Waals surface area contributed by atoms with Crippen LogP contribution in [0.1, 0.15) is 48.9 Å². The molecule has 3 aromatic rings. The van der Waals surface area contributed by atoms with Crippen molar-refractivity contribution in [1.29, 1.82) is 0 Å². The van der Waals surface area contributed by atoms with Crippen molar-refractivity contribution in [3.8, 4) is 0 Å². The van der Waals surface area contributed by atoms with Gasteiger partial charge in [-0.15, -0.1) is 0 Å². The number of hydrogen-bond donors (Lipinski definition) is 0. The highest BCUT2D eigenvalue weighted by atomic mass is 35.5. The van der Waals surface area contributed by atoms with E-state index in [1.807, 2.05) is 24.3 Å². The van der Waals surface area contributed by atoms with Crippen molar-refractivity contribution < 1.29 is 4.21 Å². The van der Waals surface area contributed by atoms with E-state index in [1.165, 1.54) is 48.7 Å². The Morgan fingerprint density at radius 1 is 1.11 bits per heavy atom. The van der Waals surface area contributed by atoms with E-state index in [1.54, 1.807) is 6.20 Å². The molecule has 0 bridgehead atoms. The second-order valence-electron chi connectivity index (χ2n) is 7.95. The Bertz CT molecular complexity index is 1000. The first kappa shape index (κ1) is 19.7. The molecular weight excluding hydrogens is 388 g/mol. The first-order valence-corrected chi connectivity index (χ1v) is 11.8. The summed E-state index contributed by atoms with van der Waals surface area (Å²) in [6, 6.07) is 9.65. The lowest BCUT2D eigenvalue weighted by molar-refractivity contribution is 0.320. The van der Waals surface area contributed by atoms with Crippen LogP contribution < -0.4 is 0 Å². The maximum atomic E-state index is 13.3. The van der Waals surface area contributed by atoms with Gasteiger partial charge in [-0.1, -0.05) is 43.0 Å². The fourth-order valence-corrected chi connectivity index (χ4v) is 5.76. The Morgan fingerprint density at radius 2 is 1.82 bits per heavy atom. The maximum Gasteiger partial charge on any atom is 0.151 e. The van der Waals surface area contributed by atoms with Gasteiger partial charge in [0, 0.05) is 28.8 Å². The number of hydrogen-bond acceptors (Lipinski definition) is 2. The molecule has 1 fully saturated rings. The van der Waals surface area contributed by atoms with Gasteiger partial charge in [0.2, 0.25) is 0 Å². The van der Waals surface area contributed by atoms with E-state index >= 15 is 0 Å². The molecule has 28 heavy (non-hydrogen) atoms. The Kier molecular flexibility index (Phi) is 5.88. The van der Waals surface area contributed by atoms with E-state index in [9.17, 15) is 4.21 Å². The number of pyridine rings is 1. The Hall–Kier alpha value is -1.65. The summed E-state index contributed by atoms with van der Waals surface area (Å²) >= 11 is 5.99. The molecule has 1 saturated carbocycles. The highest BCUT2D eigenvalue weighted by Crippen LogP contribution is 2.33. The van der Waals surface area contributed by atoms with Crippen LogP contribution >= 0.6 is 11.6 Å². The molecular formula is C23H27ClN2OS. The quantitative estimate of drug-likeness (QED) is 0.498. The minimum absolute atomic E-state index is 0.454.